The molecule has 0 radical (unpaired) electrons. The highest BCUT2D eigenvalue weighted by molar-refractivity contribution is 5.65. The maximum atomic E-state index is 5.34. The molecule has 1 heterocycles. The fourth-order valence-electron chi connectivity index (χ4n) is 1.91. The van der Waals surface area contributed by atoms with Gasteiger partial charge in [-0.1, -0.05) is 0 Å². The highest BCUT2D eigenvalue weighted by Gasteiger charge is 2.12. The van der Waals surface area contributed by atoms with Crippen molar-refractivity contribution in [3.05, 3.63) is 18.2 Å². The van der Waals surface area contributed by atoms with E-state index in [0.29, 0.717) is 0 Å². The summed E-state index contributed by atoms with van der Waals surface area (Å²) in [7, 11) is 3.59. The second-order valence-electron chi connectivity index (χ2n) is 3.73. The van der Waals surface area contributed by atoms with Crippen molar-refractivity contribution in [2.75, 3.05) is 50.7 Å². The molecule has 16 heavy (non-hydrogen) atoms. The van der Waals surface area contributed by atoms with Crippen LogP contribution < -0.4 is 15.0 Å². The number of hydrogen-bond donors (Lipinski definition) is 1. The lowest BCUT2D eigenvalue weighted by Gasteiger charge is -2.29. The number of morpholine rings is 1. The molecule has 0 aromatic heterocycles. The first-order chi connectivity index (χ1) is 7.85. The Morgan fingerprint density at radius 1 is 1.31 bits per heavy atom. The van der Waals surface area contributed by atoms with Gasteiger partial charge in [-0.3, -0.25) is 0 Å². The highest BCUT2D eigenvalue weighted by atomic mass is 16.5. The van der Waals surface area contributed by atoms with E-state index in [0.717, 1.165) is 37.7 Å². The van der Waals surface area contributed by atoms with Gasteiger partial charge in [-0.15, -0.1) is 0 Å². The normalized spacial score (nSPS) is 16.0. The number of benzene rings is 1. The van der Waals surface area contributed by atoms with Gasteiger partial charge in [0.1, 0.15) is 5.75 Å². The third kappa shape index (κ3) is 2.22. The quantitative estimate of drug-likeness (QED) is 0.841. The minimum absolute atomic E-state index is 0.806. The van der Waals surface area contributed by atoms with E-state index in [4.69, 9.17) is 9.47 Å². The van der Waals surface area contributed by atoms with Crippen molar-refractivity contribution >= 4 is 11.4 Å². The molecule has 0 aliphatic carbocycles. The Morgan fingerprint density at radius 3 is 2.69 bits per heavy atom. The molecule has 1 fully saturated rings. The lowest BCUT2D eigenvalue weighted by molar-refractivity contribution is 0.122. The summed E-state index contributed by atoms with van der Waals surface area (Å²) in [5.74, 6) is 0.875. The van der Waals surface area contributed by atoms with E-state index in [9.17, 15) is 0 Å². The van der Waals surface area contributed by atoms with Gasteiger partial charge in [-0.2, -0.15) is 0 Å². The number of hydrogen-bond acceptors (Lipinski definition) is 4. The number of nitrogens with zero attached hydrogens (tertiary/aromatic N) is 1. The van der Waals surface area contributed by atoms with Crippen molar-refractivity contribution in [2.24, 2.45) is 0 Å². The Morgan fingerprint density at radius 2 is 2.06 bits per heavy atom. The van der Waals surface area contributed by atoms with Crippen LogP contribution in [0.5, 0.6) is 5.75 Å². The average Bonchev–Trinajstić information content (AvgIpc) is 2.39. The molecule has 1 aromatic rings. The lowest BCUT2D eigenvalue weighted by atomic mass is 10.2. The van der Waals surface area contributed by atoms with E-state index in [1.165, 1.54) is 5.69 Å². The van der Waals surface area contributed by atoms with E-state index >= 15 is 0 Å². The highest BCUT2D eigenvalue weighted by Crippen LogP contribution is 2.29. The largest absolute Gasteiger partial charge is 0.495 e. The summed E-state index contributed by atoms with van der Waals surface area (Å²) in [6, 6.07) is 6.20. The summed E-state index contributed by atoms with van der Waals surface area (Å²) in [6.07, 6.45) is 0. The number of methoxy groups -OCH3 is 1. The summed E-state index contributed by atoms with van der Waals surface area (Å²) in [5, 5.41) is 3.14. The summed E-state index contributed by atoms with van der Waals surface area (Å²) in [4.78, 5) is 2.32. The topological polar surface area (TPSA) is 33.7 Å². The predicted octanol–water partition coefficient (Wildman–Crippen LogP) is 1.57. The van der Waals surface area contributed by atoms with Crippen LogP contribution in [0.2, 0.25) is 0 Å². The van der Waals surface area contributed by atoms with Crippen molar-refractivity contribution in [2.45, 2.75) is 0 Å². The van der Waals surface area contributed by atoms with Crippen LogP contribution in [0.3, 0.4) is 0 Å². The van der Waals surface area contributed by atoms with Gasteiger partial charge in [0.2, 0.25) is 0 Å². The molecule has 0 spiro atoms. The fraction of sp³-hybridized carbons (Fsp3) is 0.500. The lowest BCUT2D eigenvalue weighted by Crippen LogP contribution is -2.36. The van der Waals surface area contributed by atoms with Gasteiger partial charge in [0, 0.05) is 25.8 Å². The molecule has 88 valence electrons. The Bertz CT molecular complexity index is 349. The van der Waals surface area contributed by atoms with Gasteiger partial charge in [0.15, 0.2) is 0 Å². The van der Waals surface area contributed by atoms with Crippen molar-refractivity contribution in [3.8, 4) is 5.75 Å². The Labute approximate surface area is 96.2 Å². The predicted molar refractivity (Wildman–Crippen MR) is 65.6 cm³/mol. The third-order valence-corrected chi connectivity index (χ3v) is 2.83. The van der Waals surface area contributed by atoms with Crippen LogP contribution in [0.25, 0.3) is 0 Å². The average molecular weight is 222 g/mol. The molecule has 0 saturated carbocycles. The molecule has 0 atom stereocenters. The molecule has 4 heteroatoms. The molecule has 1 aliphatic rings. The van der Waals surface area contributed by atoms with Gasteiger partial charge in [-0.05, 0) is 18.2 Å². The molecule has 1 saturated heterocycles. The molecule has 1 aliphatic heterocycles. The standard InChI is InChI=1S/C12H18N2O2/c1-13-11-9-10(3-4-12(11)15-2)14-5-7-16-8-6-14/h3-4,9,13H,5-8H2,1-2H3. The SMILES string of the molecule is CNc1cc(N2CCOCC2)ccc1OC. The molecule has 2 rings (SSSR count). The van der Waals surface area contributed by atoms with Gasteiger partial charge in [0.25, 0.3) is 0 Å². The van der Waals surface area contributed by atoms with Gasteiger partial charge < -0.3 is 19.7 Å². The van der Waals surface area contributed by atoms with E-state index in [2.05, 4.69) is 22.3 Å². The molecular formula is C12H18N2O2. The van der Waals surface area contributed by atoms with E-state index in [1.807, 2.05) is 13.1 Å². The van der Waals surface area contributed by atoms with Gasteiger partial charge in [-0.25, -0.2) is 0 Å². The third-order valence-electron chi connectivity index (χ3n) is 2.83. The molecular weight excluding hydrogens is 204 g/mol. The fourth-order valence-corrected chi connectivity index (χ4v) is 1.91. The summed E-state index contributed by atoms with van der Waals surface area (Å²) >= 11 is 0. The maximum absolute atomic E-state index is 5.34. The zero-order valence-electron chi connectivity index (χ0n) is 9.82. The van der Waals surface area contributed by atoms with Crippen molar-refractivity contribution in [1.29, 1.82) is 0 Å². The zero-order chi connectivity index (χ0) is 11.4. The Kier molecular flexibility index (Phi) is 3.51. The zero-order valence-corrected chi connectivity index (χ0v) is 9.82. The van der Waals surface area contributed by atoms with Gasteiger partial charge in [0.05, 0.1) is 26.0 Å². The second kappa shape index (κ2) is 5.07. The number of ether oxygens (including phenoxy) is 2. The van der Waals surface area contributed by atoms with Crippen LogP contribution in [0.15, 0.2) is 18.2 Å². The van der Waals surface area contributed by atoms with Crippen LogP contribution in [-0.4, -0.2) is 40.5 Å². The first kappa shape index (κ1) is 11.1. The maximum Gasteiger partial charge on any atom is 0.142 e. The van der Waals surface area contributed by atoms with E-state index in [-0.39, 0.29) is 0 Å². The first-order valence-electron chi connectivity index (χ1n) is 5.53. The van der Waals surface area contributed by atoms with Crippen LogP contribution in [0, 0.1) is 0 Å². The van der Waals surface area contributed by atoms with E-state index in [1.54, 1.807) is 7.11 Å². The minimum Gasteiger partial charge on any atom is -0.495 e. The molecule has 1 N–H and O–H groups in total. The minimum atomic E-state index is 0.806. The van der Waals surface area contributed by atoms with Crippen LogP contribution >= 0.6 is 0 Å². The Hall–Kier alpha value is -1.42. The molecule has 0 amide bonds. The Balaban J connectivity index is 2.20. The monoisotopic (exact) mass is 222 g/mol. The number of anilines is 2. The van der Waals surface area contributed by atoms with E-state index < -0.39 is 0 Å². The number of rotatable bonds is 3. The van der Waals surface area contributed by atoms with Crippen molar-refractivity contribution < 1.29 is 9.47 Å². The summed E-state index contributed by atoms with van der Waals surface area (Å²) in [5.41, 5.74) is 2.24. The second-order valence-corrected chi connectivity index (χ2v) is 3.73. The van der Waals surface area contributed by atoms with Crippen molar-refractivity contribution in [3.63, 3.8) is 0 Å². The number of nitrogens with one attached hydrogen (secondary N) is 1. The smallest absolute Gasteiger partial charge is 0.142 e. The van der Waals surface area contributed by atoms with Gasteiger partial charge >= 0.3 is 0 Å². The van der Waals surface area contributed by atoms with Crippen LogP contribution in [-0.2, 0) is 4.74 Å². The van der Waals surface area contributed by atoms with Crippen molar-refractivity contribution in [1.82, 2.24) is 0 Å². The molecule has 0 unspecified atom stereocenters. The molecule has 1 aromatic carbocycles. The molecule has 4 nitrogen and oxygen atoms in total. The van der Waals surface area contributed by atoms with Crippen LogP contribution in [0.1, 0.15) is 0 Å². The summed E-state index contributed by atoms with van der Waals surface area (Å²) in [6.45, 7) is 3.52. The molecule has 0 bridgehead atoms. The first-order valence-corrected chi connectivity index (χ1v) is 5.53. The summed E-state index contributed by atoms with van der Waals surface area (Å²) < 4.78 is 10.6. The van der Waals surface area contributed by atoms with Crippen LogP contribution in [0.4, 0.5) is 11.4 Å².